The molecule has 0 aromatic heterocycles. The molecule has 0 radical (unpaired) electrons. The molecule has 0 spiro atoms. The topological polar surface area (TPSA) is 47.5 Å². The molecule has 4 nitrogen and oxygen atoms in total. The molecule has 4 unspecified atom stereocenters. The minimum Gasteiger partial charge on any atom is -0.311 e. The van der Waals surface area contributed by atoms with Crippen LogP contribution in [0.25, 0.3) is 0 Å². The van der Waals surface area contributed by atoms with Crippen molar-refractivity contribution in [1.82, 2.24) is 15.7 Å². The summed E-state index contributed by atoms with van der Waals surface area (Å²) in [6, 6.07) is 0. The lowest BCUT2D eigenvalue weighted by atomic mass is 9.82. The fourth-order valence-electron chi connectivity index (χ4n) is 3.44. The van der Waals surface area contributed by atoms with Gasteiger partial charge in [0.1, 0.15) is 0 Å². The predicted molar refractivity (Wildman–Crippen MR) is 52.7 cm³/mol. The van der Waals surface area contributed by atoms with E-state index < -0.39 is 0 Å². The van der Waals surface area contributed by atoms with Gasteiger partial charge in [0.25, 0.3) is 0 Å². The maximum atomic E-state index is 10.0. The van der Waals surface area contributed by atoms with Crippen LogP contribution in [0.15, 0.2) is 0 Å². The van der Waals surface area contributed by atoms with E-state index in [2.05, 4.69) is 10.6 Å². The van der Waals surface area contributed by atoms with E-state index in [-0.39, 0.29) is 12.3 Å². The predicted octanol–water partition coefficient (Wildman–Crippen LogP) is 0.343. The molecule has 3 fully saturated rings. The summed E-state index contributed by atoms with van der Waals surface area (Å²) >= 11 is 0. The molecule has 80 valence electrons. The van der Waals surface area contributed by atoms with Crippen molar-refractivity contribution < 1.29 is 5.21 Å². The zero-order chi connectivity index (χ0) is 9.54. The van der Waals surface area contributed by atoms with Gasteiger partial charge in [0.2, 0.25) is 0 Å². The molecule has 4 atom stereocenters. The van der Waals surface area contributed by atoms with Gasteiger partial charge in [-0.25, -0.2) is 0 Å². The zero-order valence-electron chi connectivity index (χ0n) is 8.45. The van der Waals surface area contributed by atoms with Gasteiger partial charge in [0.05, 0.1) is 12.3 Å². The first kappa shape index (κ1) is 9.09. The van der Waals surface area contributed by atoms with Crippen LogP contribution in [0.3, 0.4) is 0 Å². The van der Waals surface area contributed by atoms with Crippen LogP contribution in [0, 0.1) is 11.8 Å². The fraction of sp³-hybridized carbons (Fsp3) is 1.00. The van der Waals surface area contributed by atoms with Crippen LogP contribution >= 0.6 is 0 Å². The number of nitrogens with zero attached hydrogens (tertiary/aromatic N) is 1. The molecule has 3 saturated heterocycles. The van der Waals surface area contributed by atoms with Crippen molar-refractivity contribution >= 4 is 0 Å². The Morgan fingerprint density at radius 2 is 1.43 bits per heavy atom. The lowest BCUT2D eigenvalue weighted by Gasteiger charge is -2.31. The fourth-order valence-corrected chi connectivity index (χ4v) is 3.44. The van der Waals surface area contributed by atoms with Gasteiger partial charge >= 0.3 is 0 Å². The van der Waals surface area contributed by atoms with E-state index >= 15 is 0 Å². The monoisotopic (exact) mass is 197 g/mol. The van der Waals surface area contributed by atoms with E-state index in [9.17, 15) is 5.21 Å². The van der Waals surface area contributed by atoms with E-state index in [0.29, 0.717) is 11.8 Å². The number of hydrogen-bond acceptors (Lipinski definition) is 4. The Bertz CT molecular complexity index is 201. The first-order chi connectivity index (χ1) is 6.88. The third kappa shape index (κ3) is 1.21. The zero-order valence-corrected chi connectivity index (χ0v) is 8.45. The number of hydrogen-bond donors (Lipinski definition) is 3. The number of nitrogens with one attached hydrogen (secondary N) is 2. The van der Waals surface area contributed by atoms with E-state index in [0.717, 1.165) is 13.1 Å². The second kappa shape index (κ2) is 3.45. The van der Waals surface area contributed by atoms with Crippen LogP contribution in [0.1, 0.15) is 25.7 Å². The number of piperidine rings is 2. The molecule has 3 aliphatic rings. The van der Waals surface area contributed by atoms with Crippen LogP contribution in [0.2, 0.25) is 0 Å². The molecule has 0 aromatic carbocycles. The largest absolute Gasteiger partial charge is 0.311 e. The van der Waals surface area contributed by atoms with Gasteiger partial charge in [-0.15, -0.1) is 0 Å². The Morgan fingerprint density at radius 3 is 1.93 bits per heavy atom. The minimum atomic E-state index is 0.212. The van der Waals surface area contributed by atoms with Crippen molar-refractivity contribution in [3.05, 3.63) is 0 Å². The Kier molecular flexibility index (Phi) is 2.24. The lowest BCUT2D eigenvalue weighted by Crippen LogP contribution is -2.51. The number of hydroxylamine groups is 2. The highest BCUT2D eigenvalue weighted by Gasteiger charge is 2.49. The molecule has 4 heteroatoms. The van der Waals surface area contributed by atoms with Gasteiger partial charge in [0.15, 0.2) is 0 Å². The van der Waals surface area contributed by atoms with Crippen LogP contribution in [-0.4, -0.2) is 35.7 Å². The van der Waals surface area contributed by atoms with Gasteiger partial charge in [-0.2, -0.15) is 5.06 Å². The SMILES string of the molecule is ON1C2NCCCC2C2CCCNC21. The molecule has 0 amide bonds. The lowest BCUT2D eigenvalue weighted by molar-refractivity contribution is -0.160. The molecule has 3 N–H and O–H groups in total. The van der Waals surface area contributed by atoms with Gasteiger partial charge in [0, 0.05) is 0 Å². The normalized spacial score (nSPS) is 48.6. The first-order valence-electron chi connectivity index (χ1n) is 5.82. The first-order valence-corrected chi connectivity index (χ1v) is 5.82. The standard InChI is InChI=1S/C10H19N3O/c14-13-9-7(3-1-5-11-9)8-4-2-6-12-10(8)13/h7-12,14H,1-6H2. The Labute approximate surface area is 84.6 Å². The number of fused-ring (bicyclic) bond motifs is 3. The van der Waals surface area contributed by atoms with Crippen LogP contribution in [0.4, 0.5) is 0 Å². The summed E-state index contributed by atoms with van der Waals surface area (Å²) in [6.07, 6.45) is 5.50. The third-order valence-electron chi connectivity index (χ3n) is 4.07. The van der Waals surface area contributed by atoms with E-state index in [1.165, 1.54) is 30.7 Å². The van der Waals surface area contributed by atoms with Crippen LogP contribution in [-0.2, 0) is 0 Å². The van der Waals surface area contributed by atoms with Crippen molar-refractivity contribution in [2.24, 2.45) is 11.8 Å². The second-order valence-electron chi connectivity index (χ2n) is 4.79. The van der Waals surface area contributed by atoms with Crippen LogP contribution < -0.4 is 10.6 Å². The van der Waals surface area contributed by atoms with Gasteiger partial charge < -0.3 is 5.21 Å². The molecule has 0 saturated carbocycles. The summed E-state index contributed by atoms with van der Waals surface area (Å²) in [5, 5.41) is 18.4. The highest BCUT2D eigenvalue weighted by atomic mass is 16.5. The van der Waals surface area contributed by atoms with E-state index in [1.54, 1.807) is 0 Å². The molecule has 0 aliphatic carbocycles. The van der Waals surface area contributed by atoms with E-state index in [4.69, 9.17) is 0 Å². The van der Waals surface area contributed by atoms with Crippen molar-refractivity contribution in [2.75, 3.05) is 13.1 Å². The summed E-state index contributed by atoms with van der Waals surface area (Å²) in [4.78, 5) is 0. The molecule has 3 rings (SSSR count). The molecule has 3 heterocycles. The summed E-state index contributed by atoms with van der Waals surface area (Å²) in [5.74, 6) is 1.32. The molecule has 3 aliphatic heterocycles. The van der Waals surface area contributed by atoms with Crippen molar-refractivity contribution in [3.63, 3.8) is 0 Å². The molecule has 14 heavy (non-hydrogen) atoms. The smallest absolute Gasteiger partial charge is 0.0891 e. The summed E-state index contributed by atoms with van der Waals surface area (Å²) in [7, 11) is 0. The van der Waals surface area contributed by atoms with Gasteiger partial charge in [-0.05, 0) is 50.6 Å². The second-order valence-corrected chi connectivity index (χ2v) is 4.79. The highest BCUT2D eigenvalue weighted by molar-refractivity contribution is 4.97. The minimum absolute atomic E-state index is 0.212. The molecule has 0 aromatic rings. The maximum Gasteiger partial charge on any atom is 0.0891 e. The Balaban J connectivity index is 1.83. The van der Waals surface area contributed by atoms with Crippen molar-refractivity contribution in [2.45, 2.75) is 38.0 Å². The van der Waals surface area contributed by atoms with Crippen molar-refractivity contribution in [1.29, 1.82) is 0 Å². The number of rotatable bonds is 0. The van der Waals surface area contributed by atoms with Crippen LogP contribution in [0.5, 0.6) is 0 Å². The Morgan fingerprint density at radius 1 is 0.929 bits per heavy atom. The summed E-state index contributed by atoms with van der Waals surface area (Å²) < 4.78 is 0. The van der Waals surface area contributed by atoms with Gasteiger partial charge in [-0.1, -0.05) is 0 Å². The van der Waals surface area contributed by atoms with E-state index in [1.807, 2.05) is 0 Å². The average molecular weight is 197 g/mol. The van der Waals surface area contributed by atoms with Gasteiger partial charge in [-0.3, -0.25) is 10.6 Å². The quantitative estimate of drug-likeness (QED) is 0.524. The maximum absolute atomic E-state index is 10.0. The third-order valence-corrected chi connectivity index (χ3v) is 4.07. The molecular formula is C10H19N3O. The highest BCUT2D eigenvalue weighted by Crippen LogP contribution is 2.40. The average Bonchev–Trinajstić information content (AvgIpc) is 2.55. The molecular weight excluding hydrogens is 178 g/mol. The summed E-state index contributed by atoms with van der Waals surface area (Å²) in [5.41, 5.74) is 0. The Hall–Kier alpha value is -0.160. The molecule has 0 bridgehead atoms. The summed E-state index contributed by atoms with van der Waals surface area (Å²) in [6.45, 7) is 2.11. The van der Waals surface area contributed by atoms with Crippen molar-refractivity contribution in [3.8, 4) is 0 Å².